The highest BCUT2D eigenvalue weighted by molar-refractivity contribution is 5.78. The van der Waals surface area contributed by atoms with Gasteiger partial charge < -0.3 is 25.4 Å². The molecule has 1 aromatic heterocycles. The van der Waals surface area contributed by atoms with Gasteiger partial charge in [0.2, 0.25) is 11.8 Å². The van der Waals surface area contributed by atoms with Crippen molar-refractivity contribution in [2.45, 2.75) is 69.6 Å². The number of hydrogen-bond donors (Lipinski definition) is 3. The molecular weight excluding hydrogens is 396 g/mol. The van der Waals surface area contributed by atoms with Gasteiger partial charge in [-0.3, -0.25) is 14.6 Å². The molecule has 0 radical (unpaired) electrons. The van der Waals surface area contributed by atoms with Crippen LogP contribution in [-0.4, -0.2) is 77.8 Å². The summed E-state index contributed by atoms with van der Waals surface area (Å²) < 4.78 is 6.00. The van der Waals surface area contributed by atoms with Crippen molar-refractivity contribution in [2.75, 3.05) is 32.8 Å². The normalized spacial score (nSPS) is 24.5. The number of ether oxygens (including phenoxy) is 1. The molecule has 2 fully saturated rings. The van der Waals surface area contributed by atoms with Crippen LogP contribution in [0.3, 0.4) is 0 Å². The van der Waals surface area contributed by atoms with E-state index >= 15 is 0 Å². The molecule has 172 valence electrons. The van der Waals surface area contributed by atoms with Gasteiger partial charge in [0.05, 0.1) is 25.2 Å². The minimum Gasteiger partial charge on any atom is -0.394 e. The summed E-state index contributed by atoms with van der Waals surface area (Å²) in [4.78, 5) is 30.8. The van der Waals surface area contributed by atoms with E-state index in [2.05, 4.69) is 20.5 Å². The molecule has 0 spiro atoms. The first-order valence-electron chi connectivity index (χ1n) is 11.6. The maximum absolute atomic E-state index is 12.3. The van der Waals surface area contributed by atoms with Gasteiger partial charge in [0.25, 0.3) is 0 Å². The number of carbonyl (C=O) groups is 2. The van der Waals surface area contributed by atoms with E-state index < -0.39 is 6.10 Å². The Morgan fingerprint density at radius 1 is 1.19 bits per heavy atom. The van der Waals surface area contributed by atoms with Crippen LogP contribution in [0.25, 0.3) is 0 Å². The highest BCUT2D eigenvalue weighted by Crippen LogP contribution is 2.22. The first-order chi connectivity index (χ1) is 15.1. The van der Waals surface area contributed by atoms with E-state index in [-0.39, 0.29) is 37.0 Å². The number of nitrogens with zero attached hydrogens (tertiary/aromatic N) is 2. The summed E-state index contributed by atoms with van der Waals surface area (Å²) in [6.07, 6.45) is 9.72. The van der Waals surface area contributed by atoms with Gasteiger partial charge in [-0.2, -0.15) is 0 Å². The Bertz CT molecular complexity index is 681. The molecule has 0 saturated carbocycles. The quantitative estimate of drug-likeness (QED) is 0.510. The molecule has 8 nitrogen and oxygen atoms in total. The summed E-state index contributed by atoms with van der Waals surface area (Å²) >= 11 is 0. The molecule has 3 atom stereocenters. The van der Waals surface area contributed by atoms with Crippen LogP contribution in [0, 0.1) is 0 Å². The van der Waals surface area contributed by atoms with Gasteiger partial charge in [0, 0.05) is 31.9 Å². The zero-order valence-electron chi connectivity index (χ0n) is 18.3. The van der Waals surface area contributed by atoms with Crippen molar-refractivity contribution in [3.8, 4) is 0 Å². The lowest BCUT2D eigenvalue weighted by atomic mass is 9.96. The number of likely N-dealkylation sites (tertiary alicyclic amines) is 1. The van der Waals surface area contributed by atoms with Crippen LogP contribution in [0.15, 0.2) is 24.5 Å². The smallest absolute Gasteiger partial charge is 0.224 e. The summed E-state index contributed by atoms with van der Waals surface area (Å²) in [5.41, 5.74) is 0.853. The number of aromatic nitrogens is 1. The second kappa shape index (κ2) is 12.7. The first kappa shape index (κ1) is 23.6. The summed E-state index contributed by atoms with van der Waals surface area (Å²) in [7, 11) is 0. The summed E-state index contributed by atoms with van der Waals surface area (Å²) in [5.74, 6) is -0.0138. The highest BCUT2D eigenvalue weighted by atomic mass is 16.5. The van der Waals surface area contributed by atoms with Crippen molar-refractivity contribution >= 4 is 11.8 Å². The number of aliphatic hydroxyl groups excluding tert-OH is 1. The predicted octanol–water partition coefficient (Wildman–Crippen LogP) is 1.03. The van der Waals surface area contributed by atoms with Crippen LogP contribution in [0.5, 0.6) is 0 Å². The number of nitrogens with one attached hydrogen (secondary N) is 2. The molecule has 2 amide bonds. The van der Waals surface area contributed by atoms with Crippen molar-refractivity contribution in [1.29, 1.82) is 0 Å². The van der Waals surface area contributed by atoms with Crippen LogP contribution in [0.1, 0.15) is 50.5 Å². The van der Waals surface area contributed by atoms with E-state index in [1.807, 2.05) is 6.07 Å². The first-order valence-corrected chi connectivity index (χ1v) is 11.6. The maximum Gasteiger partial charge on any atom is 0.224 e. The third-order valence-corrected chi connectivity index (χ3v) is 6.12. The van der Waals surface area contributed by atoms with Crippen molar-refractivity contribution in [2.24, 2.45) is 0 Å². The Balaban J connectivity index is 1.32. The highest BCUT2D eigenvalue weighted by Gasteiger charge is 2.31. The monoisotopic (exact) mass is 432 g/mol. The molecule has 3 N–H and O–H groups in total. The summed E-state index contributed by atoms with van der Waals surface area (Å²) in [6.45, 7) is 3.46. The zero-order chi connectivity index (χ0) is 21.9. The molecule has 0 aromatic carbocycles. The molecule has 2 aliphatic heterocycles. The van der Waals surface area contributed by atoms with Crippen LogP contribution >= 0.6 is 0 Å². The topological polar surface area (TPSA) is 104 Å². The lowest BCUT2D eigenvalue weighted by Crippen LogP contribution is -2.51. The molecule has 8 heteroatoms. The largest absolute Gasteiger partial charge is 0.394 e. The Morgan fingerprint density at radius 3 is 2.77 bits per heavy atom. The molecule has 1 aromatic rings. The fourth-order valence-electron chi connectivity index (χ4n) is 4.36. The lowest BCUT2D eigenvalue weighted by molar-refractivity contribution is -0.128. The van der Waals surface area contributed by atoms with Gasteiger partial charge >= 0.3 is 0 Å². The molecule has 2 saturated heterocycles. The van der Waals surface area contributed by atoms with Gasteiger partial charge in [-0.05, 0) is 56.8 Å². The minimum atomic E-state index is -0.425. The molecule has 3 heterocycles. The maximum atomic E-state index is 12.3. The number of amides is 2. The fourth-order valence-corrected chi connectivity index (χ4v) is 4.36. The average Bonchev–Trinajstić information content (AvgIpc) is 2.80. The van der Waals surface area contributed by atoms with E-state index in [1.54, 1.807) is 18.5 Å². The van der Waals surface area contributed by atoms with Gasteiger partial charge in [-0.15, -0.1) is 0 Å². The Morgan fingerprint density at radius 2 is 2.03 bits per heavy atom. The third kappa shape index (κ3) is 8.20. The van der Waals surface area contributed by atoms with Gasteiger partial charge in [-0.1, -0.05) is 12.5 Å². The fraction of sp³-hybridized carbons (Fsp3) is 0.696. The SMILES string of the molecule is O=C(CCN1CCCCC1)NCC[C@H]1CC[C@H](NC(=O)Cc2cccnc2)[C@@H](CO)O1. The molecule has 2 aliphatic rings. The van der Waals surface area contributed by atoms with Gasteiger partial charge in [0.15, 0.2) is 0 Å². The van der Waals surface area contributed by atoms with Gasteiger partial charge in [-0.25, -0.2) is 0 Å². The van der Waals surface area contributed by atoms with Crippen molar-refractivity contribution in [3.63, 3.8) is 0 Å². The average molecular weight is 433 g/mol. The minimum absolute atomic E-state index is 0.0222. The van der Waals surface area contributed by atoms with Crippen LogP contribution in [-0.2, 0) is 20.7 Å². The van der Waals surface area contributed by atoms with Crippen LogP contribution in [0.2, 0.25) is 0 Å². The van der Waals surface area contributed by atoms with Gasteiger partial charge in [0.1, 0.15) is 6.10 Å². The molecular formula is C23H36N4O4. The van der Waals surface area contributed by atoms with E-state index in [4.69, 9.17) is 4.74 Å². The number of pyridine rings is 1. The Labute approximate surface area is 184 Å². The van der Waals surface area contributed by atoms with Crippen molar-refractivity contribution < 1.29 is 19.4 Å². The lowest BCUT2D eigenvalue weighted by Gasteiger charge is -2.36. The molecule has 0 unspecified atom stereocenters. The Hall–Kier alpha value is -2.03. The van der Waals surface area contributed by atoms with E-state index in [1.165, 1.54) is 19.3 Å². The number of hydrogen-bond acceptors (Lipinski definition) is 6. The summed E-state index contributed by atoms with van der Waals surface area (Å²) in [5, 5.41) is 15.7. The van der Waals surface area contributed by atoms with E-state index in [0.29, 0.717) is 19.4 Å². The molecule has 0 bridgehead atoms. The number of aliphatic hydroxyl groups is 1. The number of rotatable bonds is 10. The van der Waals surface area contributed by atoms with Crippen LogP contribution in [0.4, 0.5) is 0 Å². The number of piperidine rings is 1. The predicted molar refractivity (Wildman–Crippen MR) is 117 cm³/mol. The summed E-state index contributed by atoms with van der Waals surface area (Å²) in [6, 6.07) is 3.47. The van der Waals surface area contributed by atoms with Crippen molar-refractivity contribution in [3.05, 3.63) is 30.1 Å². The number of carbonyl (C=O) groups excluding carboxylic acids is 2. The Kier molecular flexibility index (Phi) is 9.71. The van der Waals surface area contributed by atoms with Crippen LogP contribution < -0.4 is 10.6 Å². The molecule has 3 rings (SSSR count). The second-order valence-corrected chi connectivity index (χ2v) is 8.56. The second-order valence-electron chi connectivity index (χ2n) is 8.56. The third-order valence-electron chi connectivity index (χ3n) is 6.12. The van der Waals surface area contributed by atoms with Crippen molar-refractivity contribution in [1.82, 2.24) is 20.5 Å². The standard InChI is InChI=1S/C23H36N4O4/c28-17-21-20(26-23(30)15-18-5-4-10-24-16-18)7-6-19(31-21)8-11-25-22(29)9-14-27-12-2-1-3-13-27/h4-5,10,16,19-21,28H,1-3,6-9,11-15,17H2,(H,25,29)(H,26,30)/t19-,20+,21-/m1/s1. The van der Waals surface area contributed by atoms with E-state index in [9.17, 15) is 14.7 Å². The molecule has 0 aliphatic carbocycles. The molecule has 31 heavy (non-hydrogen) atoms. The van der Waals surface area contributed by atoms with E-state index in [0.717, 1.165) is 38.0 Å². The zero-order valence-corrected chi connectivity index (χ0v) is 18.3.